The van der Waals surface area contributed by atoms with E-state index in [1.807, 2.05) is 6.07 Å². The monoisotopic (exact) mass is 177 g/mol. The van der Waals surface area contributed by atoms with E-state index in [-0.39, 0.29) is 5.82 Å². The van der Waals surface area contributed by atoms with Gasteiger partial charge in [-0.25, -0.2) is 4.39 Å². The fourth-order valence-electron chi connectivity index (χ4n) is 2.68. The number of rotatable bonds is 0. The number of hydrogen-bond donors (Lipinski definition) is 1. The summed E-state index contributed by atoms with van der Waals surface area (Å²) in [6.45, 7) is 0. The number of anilines is 1. The number of halogens is 1. The lowest BCUT2D eigenvalue weighted by Gasteiger charge is -2.08. The maximum Gasteiger partial charge on any atom is 0.123 e. The van der Waals surface area contributed by atoms with E-state index in [1.165, 1.54) is 30.9 Å². The van der Waals surface area contributed by atoms with Crippen LogP contribution in [0.2, 0.25) is 0 Å². The summed E-state index contributed by atoms with van der Waals surface area (Å²) < 4.78 is 13.0. The molecule has 1 N–H and O–H groups in total. The van der Waals surface area contributed by atoms with Gasteiger partial charge in [0.05, 0.1) is 0 Å². The van der Waals surface area contributed by atoms with Gasteiger partial charge in [-0.1, -0.05) is 6.42 Å². The average Bonchev–Trinajstić information content (AvgIpc) is 2.64. The first-order chi connectivity index (χ1) is 6.34. The Morgan fingerprint density at radius 3 is 3.15 bits per heavy atom. The minimum Gasteiger partial charge on any atom is -0.381 e. The molecule has 2 heteroatoms. The van der Waals surface area contributed by atoms with Crippen LogP contribution in [0, 0.1) is 5.82 Å². The highest BCUT2D eigenvalue weighted by atomic mass is 19.1. The summed E-state index contributed by atoms with van der Waals surface area (Å²) in [5.74, 6) is 0.471. The van der Waals surface area contributed by atoms with Crippen LogP contribution in [0.25, 0.3) is 0 Å². The Balaban J connectivity index is 2.09. The van der Waals surface area contributed by atoms with Crippen LogP contribution < -0.4 is 5.32 Å². The van der Waals surface area contributed by atoms with Crippen molar-refractivity contribution in [1.82, 2.24) is 0 Å². The molecule has 2 unspecified atom stereocenters. The number of hydrogen-bond acceptors (Lipinski definition) is 1. The minimum atomic E-state index is -0.104. The molecule has 13 heavy (non-hydrogen) atoms. The van der Waals surface area contributed by atoms with E-state index >= 15 is 0 Å². The van der Waals surface area contributed by atoms with Gasteiger partial charge >= 0.3 is 0 Å². The van der Waals surface area contributed by atoms with Crippen molar-refractivity contribution in [3.8, 4) is 0 Å². The smallest absolute Gasteiger partial charge is 0.123 e. The Bertz CT molecular complexity index is 348. The van der Waals surface area contributed by atoms with Gasteiger partial charge in [0.15, 0.2) is 0 Å². The molecule has 1 nitrogen and oxygen atoms in total. The number of nitrogens with one attached hydrogen (secondary N) is 1. The summed E-state index contributed by atoms with van der Waals surface area (Å²) in [6.07, 6.45) is 3.73. The first-order valence-corrected chi connectivity index (χ1v) is 4.90. The second-order valence-corrected chi connectivity index (χ2v) is 4.02. The fraction of sp³-hybridized carbons (Fsp3) is 0.455. The Kier molecular flexibility index (Phi) is 1.40. The maximum absolute atomic E-state index is 13.0. The van der Waals surface area contributed by atoms with Crippen molar-refractivity contribution in [2.24, 2.45) is 0 Å². The third-order valence-corrected chi connectivity index (χ3v) is 3.27. The fourth-order valence-corrected chi connectivity index (χ4v) is 2.68. The number of benzene rings is 1. The van der Waals surface area contributed by atoms with Gasteiger partial charge in [-0.15, -0.1) is 0 Å². The van der Waals surface area contributed by atoms with Crippen molar-refractivity contribution in [3.05, 3.63) is 29.6 Å². The summed E-state index contributed by atoms with van der Waals surface area (Å²) in [5.41, 5.74) is 2.35. The van der Waals surface area contributed by atoms with E-state index in [0.717, 1.165) is 5.69 Å². The van der Waals surface area contributed by atoms with Crippen LogP contribution in [-0.4, -0.2) is 6.04 Å². The van der Waals surface area contributed by atoms with Crippen LogP contribution in [0.15, 0.2) is 18.2 Å². The van der Waals surface area contributed by atoms with Crippen molar-refractivity contribution in [1.29, 1.82) is 0 Å². The minimum absolute atomic E-state index is 0.104. The Hall–Kier alpha value is -1.05. The molecule has 1 heterocycles. The third kappa shape index (κ3) is 0.978. The van der Waals surface area contributed by atoms with Crippen LogP contribution in [-0.2, 0) is 0 Å². The zero-order valence-electron chi connectivity index (χ0n) is 7.39. The Morgan fingerprint density at radius 2 is 2.23 bits per heavy atom. The average molecular weight is 177 g/mol. The molecule has 1 saturated carbocycles. The molecular formula is C11H12FN. The molecule has 2 aliphatic rings. The van der Waals surface area contributed by atoms with E-state index in [1.54, 1.807) is 6.07 Å². The van der Waals surface area contributed by atoms with E-state index in [2.05, 4.69) is 5.32 Å². The van der Waals surface area contributed by atoms with E-state index in [0.29, 0.717) is 12.0 Å². The summed E-state index contributed by atoms with van der Waals surface area (Å²) in [7, 11) is 0. The highest BCUT2D eigenvalue weighted by Crippen LogP contribution is 2.45. The van der Waals surface area contributed by atoms with E-state index in [4.69, 9.17) is 0 Å². The summed E-state index contributed by atoms with van der Waals surface area (Å²) in [6, 6.07) is 5.67. The lowest BCUT2D eigenvalue weighted by Crippen LogP contribution is -2.13. The molecule has 0 bridgehead atoms. The maximum atomic E-state index is 13.0. The Morgan fingerprint density at radius 1 is 1.31 bits per heavy atom. The van der Waals surface area contributed by atoms with Gasteiger partial charge in [0.25, 0.3) is 0 Å². The van der Waals surface area contributed by atoms with Crippen molar-refractivity contribution in [2.75, 3.05) is 5.32 Å². The quantitative estimate of drug-likeness (QED) is 0.642. The Labute approximate surface area is 77.0 Å². The molecule has 0 saturated heterocycles. The molecule has 1 fully saturated rings. The van der Waals surface area contributed by atoms with Crippen molar-refractivity contribution < 1.29 is 4.39 Å². The largest absolute Gasteiger partial charge is 0.381 e. The normalized spacial score (nSPS) is 29.6. The first kappa shape index (κ1) is 7.36. The molecule has 1 aromatic carbocycles. The number of fused-ring (bicyclic) bond motifs is 3. The topological polar surface area (TPSA) is 12.0 Å². The van der Waals surface area contributed by atoms with Gasteiger partial charge in [0.2, 0.25) is 0 Å². The zero-order valence-corrected chi connectivity index (χ0v) is 7.39. The molecule has 1 aliphatic heterocycles. The summed E-state index contributed by atoms with van der Waals surface area (Å²) in [4.78, 5) is 0. The van der Waals surface area contributed by atoms with Gasteiger partial charge in [-0.2, -0.15) is 0 Å². The third-order valence-electron chi connectivity index (χ3n) is 3.27. The van der Waals surface area contributed by atoms with Crippen LogP contribution in [0.5, 0.6) is 0 Å². The van der Waals surface area contributed by atoms with Crippen LogP contribution in [0.3, 0.4) is 0 Å². The van der Waals surface area contributed by atoms with E-state index in [9.17, 15) is 4.39 Å². The lowest BCUT2D eigenvalue weighted by atomic mass is 9.98. The highest BCUT2D eigenvalue weighted by molar-refractivity contribution is 5.60. The van der Waals surface area contributed by atoms with Crippen molar-refractivity contribution in [2.45, 2.75) is 31.2 Å². The zero-order chi connectivity index (χ0) is 8.84. The summed E-state index contributed by atoms with van der Waals surface area (Å²) >= 11 is 0. The molecule has 0 radical (unpaired) electrons. The van der Waals surface area contributed by atoms with Gasteiger partial charge < -0.3 is 5.32 Å². The molecule has 0 amide bonds. The van der Waals surface area contributed by atoms with Crippen LogP contribution >= 0.6 is 0 Å². The van der Waals surface area contributed by atoms with E-state index < -0.39 is 0 Å². The van der Waals surface area contributed by atoms with Crippen molar-refractivity contribution >= 4 is 5.69 Å². The predicted molar refractivity (Wildman–Crippen MR) is 50.4 cm³/mol. The first-order valence-electron chi connectivity index (χ1n) is 4.90. The second kappa shape index (κ2) is 2.47. The molecular weight excluding hydrogens is 165 g/mol. The molecule has 1 aromatic rings. The van der Waals surface area contributed by atoms with Gasteiger partial charge in [-0.05, 0) is 36.6 Å². The molecule has 1 aliphatic carbocycles. The van der Waals surface area contributed by atoms with Gasteiger partial charge in [0.1, 0.15) is 5.82 Å². The summed E-state index contributed by atoms with van der Waals surface area (Å²) in [5, 5.41) is 3.46. The van der Waals surface area contributed by atoms with Crippen molar-refractivity contribution in [3.63, 3.8) is 0 Å². The molecule has 0 aromatic heterocycles. The second-order valence-electron chi connectivity index (χ2n) is 4.02. The molecule has 3 rings (SSSR count). The molecule has 0 spiro atoms. The molecule has 2 atom stereocenters. The lowest BCUT2D eigenvalue weighted by molar-refractivity contribution is 0.620. The molecule has 68 valence electrons. The standard InChI is InChI=1S/C11H12FN/c12-7-4-5-11-9(6-7)8-2-1-3-10(8)13-11/h4-6,8,10,13H,1-3H2. The SMILES string of the molecule is Fc1ccc2c(c1)C1CCCC1N2. The van der Waals surface area contributed by atoms with Gasteiger partial charge in [0, 0.05) is 17.6 Å². The highest BCUT2D eigenvalue weighted by Gasteiger charge is 2.35. The predicted octanol–water partition coefficient (Wildman–Crippen LogP) is 2.89. The van der Waals surface area contributed by atoms with Gasteiger partial charge in [-0.3, -0.25) is 0 Å². The van der Waals surface area contributed by atoms with Crippen LogP contribution in [0.1, 0.15) is 30.7 Å². The van der Waals surface area contributed by atoms with Crippen LogP contribution in [0.4, 0.5) is 10.1 Å².